The van der Waals surface area contributed by atoms with Gasteiger partial charge in [-0.05, 0) is 41.8 Å². The van der Waals surface area contributed by atoms with E-state index in [1.54, 1.807) is 37.4 Å². The summed E-state index contributed by atoms with van der Waals surface area (Å²) in [6, 6.07) is 26.4. The van der Waals surface area contributed by atoms with Crippen LogP contribution in [0.5, 0.6) is 11.5 Å². The van der Waals surface area contributed by atoms with Crippen LogP contribution in [0.1, 0.15) is 15.9 Å². The number of carbonyl (C=O) groups excluding carboxylic acids is 1. The molecule has 0 heterocycles. The molecule has 1 amide bonds. The topological polar surface area (TPSA) is 47.6 Å². The molecule has 0 bridgehead atoms. The molecule has 0 spiro atoms. The molecule has 0 saturated carbocycles. The third kappa shape index (κ3) is 4.24. The molecule has 0 unspecified atom stereocenters. The van der Waals surface area contributed by atoms with Crippen LogP contribution in [0, 0.1) is 0 Å². The lowest BCUT2D eigenvalue weighted by atomic mass is 10.1. The smallest absolute Gasteiger partial charge is 0.255 e. The van der Waals surface area contributed by atoms with E-state index in [2.05, 4.69) is 5.32 Å². The maximum absolute atomic E-state index is 12.7. The average Bonchev–Trinajstić information content (AvgIpc) is 2.79. The normalized spacial score (nSPS) is 10.6. The second-order valence-electron chi connectivity index (χ2n) is 6.73. The van der Waals surface area contributed by atoms with Crippen molar-refractivity contribution < 1.29 is 14.3 Å². The molecule has 150 valence electrons. The number of anilines is 1. The van der Waals surface area contributed by atoms with E-state index in [4.69, 9.17) is 21.1 Å². The Balaban J connectivity index is 1.57. The standard InChI is InChI=1S/C25H20ClNO3/c1-29-23-14-13-18(25(28)27-22-11-5-4-10-21(22)26)15-19(23)16-30-24-12-6-8-17-7-2-3-9-20(17)24/h2-15H,16H2,1H3,(H,27,28). The van der Waals surface area contributed by atoms with Gasteiger partial charge < -0.3 is 14.8 Å². The maximum atomic E-state index is 12.7. The van der Waals surface area contributed by atoms with Crippen molar-refractivity contribution >= 4 is 34.0 Å². The highest BCUT2D eigenvalue weighted by molar-refractivity contribution is 6.33. The number of para-hydroxylation sites is 1. The Bertz CT molecular complexity index is 1200. The lowest BCUT2D eigenvalue weighted by Crippen LogP contribution is -2.13. The van der Waals surface area contributed by atoms with E-state index in [1.165, 1.54) is 0 Å². The molecular weight excluding hydrogens is 398 g/mol. The summed E-state index contributed by atoms with van der Waals surface area (Å²) in [5.74, 6) is 1.18. The predicted octanol–water partition coefficient (Wildman–Crippen LogP) is 6.33. The van der Waals surface area contributed by atoms with Gasteiger partial charge in [0.25, 0.3) is 5.91 Å². The number of halogens is 1. The molecule has 0 aliphatic heterocycles. The van der Waals surface area contributed by atoms with Gasteiger partial charge in [-0.1, -0.05) is 60.1 Å². The molecule has 0 radical (unpaired) electrons. The first-order valence-corrected chi connectivity index (χ1v) is 9.87. The number of rotatable bonds is 6. The Hall–Kier alpha value is -3.50. The molecule has 1 N–H and O–H groups in total. The third-order valence-corrected chi connectivity index (χ3v) is 5.13. The minimum Gasteiger partial charge on any atom is -0.496 e. The predicted molar refractivity (Wildman–Crippen MR) is 121 cm³/mol. The van der Waals surface area contributed by atoms with Crippen molar-refractivity contribution in [1.29, 1.82) is 0 Å². The highest BCUT2D eigenvalue weighted by Gasteiger charge is 2.13. The van der Waals surface area contributed by atoms with E-state index in [1.807, 2.05) is 54.6 Å². The zero-order valence-electron chi connectivity index (χ0n) is 16.4. The van der Waals surface area contributed by atoms with Gasteiger partial charge in [0.15, 0.2) is 0 Å². The second kappa shape index (κ2) is 8.89. The summed E-state index contributed by atoms with van der Waals surface area (Å²) in [4.78, 5) is 12.7. The number of fused-ring (bicyclic) bond motifs is 1. The number of carbonyl (C=O) groups is 1. The highest BCUT2D eigenvalue weighted by atomic mass is 35.5. The summed E-state index contributed by atoms with van der Waals surface area (Å²) >= 11 is 6.15. The molecule has 30 heavy (non-hydrogen) atoms. The molecule has 4 aromatic carbocycles. The van der Waals surface area contributed by atoms with Crippen molar-refractivity contribution in [1.82, 2.24) is 0 Å². The van der Waals surface area contributed by atoms with Crippen molar-refractivity contribution in [2.24, 2.45) is 0 Å². The Morgan fingerprint density at radius 3 is 2.50 bits per heavy atom. The number of hydrogen-bond acceptors (Lipinski definition) is 3. The number of hydrogen-bond donors (Lipinski definition) is 1. The summed E-state index contributed by atoms with van der Waals surface area (Å²) in [5.41, 5.74) is 1.83. The molecule has 0 fully saturated rings. The molecular formula is C25H20ClNO3. The zero-order chi connectivity index (χ0) is 20.9. The van der Waals surface area contributed by atoms with Gasteiger partial charge in [0, 0.05) is 16.5 Å². The van der Waals surface area contributed by atoms with Gasteiger partial charge in [0.1, 0.15) is 18.1 Å². The van der Waals surface area contributed by atoms with Crippen LogP contribution < -0.4 is 14.8 Å². The number of methoxy groups -OCH3 is 1. The van der Waals surface area contributed by atoms with Crippen LogP contribution in [0.4, 0.5) is 5.69 Å². The molecule has 0 aliphatic carbocycles. The van der Waals surface area contributed by atoms with E-state index in [0.717, 1.165) is 22.1 Å². The van der Waals surface area contributed by atoms with Crippen molar-refractivity contribution in [3.05, 3.63) is 101 Å². The molecule has 0 aliphatic rings. The van der Waals surface area contributed by atoms with Crippen LogP contribution in [0.3, 0.4) is 0 Å². The van der Waals surface area contributed by atoms with Crippen LogP contribution in [0.2, 0.25) is 5.02 Å². The third-order valence-electron chi connectivity index (χ3n) is 4.80. The van der Waals surface area contributed by atoms with Gasteiger partial charge in [0.05, 0.1) is 17.8 Å². The first-order chi connectivity index (χ1) is 14.7. The fraction of sp³-hybridized carbons (Fsp3) is 0.0800. The Kier molecular flexibility index (Phi) is 5.87. The second-order valence-corrected chi connectivity index (χ2v) is 7.13. The molecule has 0 aromatic heterocycles. The summed E-state index contributed by atoms with van der Waals surface area (Å²) in [5, 5.41) is 5.46. The quantitative estimate of drug-likeness (QED) is 0.398. The van der Waals surface area contributed by atoms with Gasteiger partial charge >= 0.3 is 0 Å². The van der Waals surface area contributed by atoms with E-state index >= 15 is 0 Å². The Labute approximate surface area is 180 Å². The van der Waals surface area contributed by atoms with Crippen LogP contribution in [0.15, 0.2) is 84.9 Å². The van der Waals surface area contributed by atoms with Crippen LogP contribution in [-0.2, 0) is 6.61 Å². The SMILES string of the molecule is COc1ccc(C(=O)Nc2ccccc2Cl)cc1COc1cccc2ccccc12. The van der Waals surface area contributed by atoms with Crippen molar-refractivity contribution in [2.75, 3.05) is 12.4 Å². The van der Waals surface area contributed by atoms with E-state index in [-0.39, 0.29) is 12.5 Å². The van der Waals surface area contributed by atoms with Crippen molar-refractivity contribution in [2.45, 2.75) is 6.61 Å². The van der Waals surface area contributed by atoms with Gasteiger partial charge in [-0.2, -0.15) is 0 Å². The fourth-order valence-electron chi connectivity index (χ4n) is 3.27. The summed E-state index contributed by atoms with van der Waals surface area (Å²) < 4.78 is 11.5. The fourth-order valence-corrected chi connectivity index (χ4v) is 3.45. The first-order valence-electron chi connectivity index (χ1n) is 9.49. The van der Waals surface area contributed by atoms with Crippen molar-refractivity contribution in [3.63, 3.8) is 0 Å². The van der Waals surface area contributed by atoms with Gasteiger partial charge in [-0.3, -0.25) is 4.79 Å². The number of amides is 1. The largest absolute Gasteiger partial charge is 0.496 e. The molecule has 4 rings (SSSR count). The van der Waals surface area contributed by atoms with Crippen molar-refractivity contribution in [3.8, 4) is 11.5 Å². The average molecular weight is 418 g/mol. The van der Waals surface area contributed by atoms with Gasteiger partial charge in [0.2, 0.25) is 0 Å². The lowest BCUT2D eigenvalue weighted by Gasteiger charge is -2.14. The number of nitrogens with one attached hydrogen (secondary N) is 1. The van der Waals surface area contributed by atoms with E-state index in [0.29, 0.717) is 22.0 Å². The number of benzene rings is 4. The summed E-state index contributed by atoms with van der Waals surface area (Å²) in [6.45, 7) is 0.268. The van der Waals surface area contributed by atoms with Gasteiger partial charge in [-0.25, -0.2) is 0 Å². The summed E-state index contributed by atoms with van der Waals surface area (Å²) in [6.07, 6.45) is 0. The highest BCUT2D eigenvalue weighted by Crippen LogP contribution is 2.28. The maximum Gasteiger partial charge on any atom is 0.255 e. The molecule has 0 atom stereocenters. The number of ether oxygens (including phenoxy) is 2. The molecule has 4 aromatic rings. The minimum atomic E-state index is -0.253. The Morgan fingerprint density at radius 1 is 0.900 bits per heavy atom. The van der Waals surface area contributed by atoms with E-state index in [9.17, 15) is 4.79 Å². The van der Waals surface area contributed by atoms with E-state index < -0.39 is 0 Å². The Morgan fingerprint density at radius 2 is 1.67 bits per heavy atom. The monoisotopic (exact) mass is 417 g/mol. The van der Waals surface area contributed by atoms with Gasteiger partial charge in [-0.15, -0.1) is 0 Å². The zero-order valence-corrected chi connectivity index (χ0v) is 17.1. The minimum absolute atomic E-state index is 0.253. The molecule has 0 saturated heterocycles. The van der Waals surface area contributed by atoms with Crippen LogP contribution in [0.25, 0.3) is 10.8 Å². The molecule has 4 nitrogen and oxygen atoms in total. The van der Waals surface area contributed by atoms with Crippen LogP contribution >= 0.6 is 11.6 Å². The van der Waals surface area contributed by atoms with Crippen LogP contribution in [-0.4, -0.2) is 13.0 Å². The first kappa shape index (κ1) is 19.8. The lowest BCUT2D eigenvalue weighted by molar-refractivity contribution is 0.102. The molecule has 5 heteroatoms. The summed E-state index contributed by atoms with van der Waals surface area (Å²) in [7, 11) is 1.60.